The topological polar surface area (TPSA) is 82.3 Å². The molecule has 0 saturated carbocycles. The van der Waals surface area contributed by atoms with Crippen LogP contribution in [0.1, 0.15) is 37.0 Å². The van der Waals surface area contributed by atoms with Crippen molar-refractivity contribution in [3.63, 3.8) is 0 Å². The van der Waals surface area contributed by atoms with Gasteiger partial charge in [-0.15, -0.1) is 0 Å². The van der Waals surface area contributed by atoms with Crippen LogP contribution in [0, 0.1) is 5.92 Å². The van der Waals surface area contributed by atoms with Gasteiger partial charge in [-0.05, 0) is 18.9 Å². The SMILES string of the molecule is CC(C)C(=O)N[C@H]1CCCN(C(=O)c2cc(=O)[nH]c3ccccc23)C1. The molecule has 0 unspecified atom stereocenters. The zero-order valence-corrected chi connectivity index (χ0v) is 14.5. The molecule has 132 valence electrons. The summed E-state index contributed by atoms with van der Waals surface area (Å²) in [7, 11) is 0. The lowest BCUT2D eigenvalue weighted by atomic mass is 10.0. The lowest BCUT2D eigenvalue weighted by Crippen LogP contribution is -2.50. The number of nitrogens with zero attached hydrogens (tertiary/aromatic N) is 1. The van der Waals surface area contributed by atoms with Gasteiger partial charge in [0.25, 0.3) is 5.91 Å². The molecule has 0 aliphatic carbocycles. The van der Waals surface area contributed by atoms with Crippen LogP contribution in [0.5, 0.6) is 0 Å². The smallest absolute Gasteiger partial charge is 0.254 e. The normalized spacial score (nSPS) is 17.7. The number of rotatable bonds is 3. The minimum Gasteiger partial charge on any atom is -0.351 e. The Morgan fingerprint density at radius 1 is 1.28 bits per heavy atom. The maximum Gasteiger partial charge on any atom is 0.254 e. The number of hydrogen-bond donors (Lipinski definition) is 2. The lowest BCUT2D eigenvalue weighted by molar-refractivity contribution is -0.125. The third kappa shape index (κ3) is 3.73. The molecule has 2 aromatic rings. The van der Waals surface area contributed by atoms with Crippen LogP contribution >= 0.6 is 0 Å². The number of para-hydroxylation sites is 1. The molecule has 2 N–H and O–H groups in total. The standard InChI is InChI=1S/C19H23N3O3/c1-12(2)18(24)20-13-6-5-9-22(11-13)19(25)15-10-17(23)21-16-8-4-3-7-14(15)16/h3-4,7-8,10,12-13H,5-6,9,11H2,1-2H3,(H,20,24)(H,21,23)/t13-/m0/s1. The molecule has 0 radical (unpaired) electrons. The third-order valence-corrected chi connectivity index (χ3v) is 4.56. The van der Waals surface area contributed by atoms with Crippen molar-refractivity contribution in [3.8, 4) is 0 Å². The summed E-state index contributed by atoms with van der Waals surface area (Å²) >= 11 is 0. The Hall–Kier alpha value is -2.63. The molecule has 6 heteroatoms. The van der Waals surface area contributed by atoms with E-state index < -0.39 is 0 Å². The molecule has 1 aromatic heterocycles. The highest BCUT2D eigenvalue weighted by Crippen LogP contribution is 2.19. The zero-order chi connectivity index (χ0) is 18.0. The van der Waals surface area contributed by atoms with Gasteiger partial charge >= 0.3 is 0 Å². The Bertz CT molecular complexity index is 856. The van der Waals surface area contributed by atoms with Gasteiger partial charge in [0.15, 0.2) is 0 Å². The molecule has 2 heterocycles. The van der Waals surface area contributed by atoms with Gasteiger partial charge in [0.05, 0.1) is 5.56 Å². The fourth-order valence-electron chi connectivity index (χ4n) is 3.20. The number of nitrogens with one attached hydrogen (secondary N) is 2. The summed E-state index contributed by atoms with van der Waals surface area (Å²) in [5.41, 5.74) is 0.777. The molecule has 1 atom stereocenters. The van der Waals surface area contributed by atoms with Gasteiger partial charge in [-0.1, -0.05) is 32.0 Å². The molecule has 6 nitrogen and oxygen atoms in total. The molecular weight excluding hydrogens is 318 g/mol. The van der Waals surface area contributed by atoms with Crippen molar-refractivity contribution in [2.45, 2.75) is 32.7 Å². The molecule has 25 heavy (non-hydrogen) atoms. The second kappa shape index (κ2) is 7.09. The molecular formula is C19H23N3O3. The molecule has 0 bridgehead atoms. The number of hydrogen-bond acceptors (Lipinski definition) is 3. The van der Waals surface area contributed by atoms with Gasteiger partial charge in [-0.2, -0.15) is 0 Å². The van der Waals surface area contributed by atoms with Crippen LogP contribution in [0.4, 0.5) is 0 Å². The first-order chi connectivity index (χ1) is 12.0. The number of piperidine rings is 1. The number of carbonyl (C=O) groups is 2. The highest BCUT2D eigenvalue weighted by molar-refractivity contribution is 6.06. The molecule has 1 aromatic carbocycles. The van der Waals surface area contributed by atoms with E-state index in [0.717, 1.165) is 18.2 Å². The van der Waals surface area contributed by atoms with E-state index in [1.54, 1.807) is 11.0 Å². The summed E-state index contributed by atoms with van der Waals surface area (Å²) in [5.74, 6) is -0.241. The quantitative estimate of drug-likeness (QED) is 0.894. The van der Waals surface area contributed by atoms with E-state index >= 15 is 0 Å². The van der Waals surface area contributed by atoms with Crippen LogP contribution < -0.4 is 10.9 Å². The predicted octanol–water partition coefficient (Wildman–Crippen LogP) is 1.90. The van der Waals surface area contributed by atoms with E-state index in [4.69, 9.17) is 0 Å². The predicted molar refractivity (Wildman–Crippen MR) is 96.5 cm³/mol. The van der Waals surface area contributed by atoms with Crippen molar-refractivity contribution in [2.24, 2.45) is 5.92 Å². The fourth-order valence-corrected chi connectivity index (χ4v) is 3.20. The van der Waals surface area contributed by atoms with Crippen LogP contribution in [0.15, 0.2) is 35.1 Å². The van der Waals surface area contributed by atoms with Crippen molar-refractivity contribution in [3.05, 3.63) is 46.2 Å². The number of fused-ring (bicyclic) bond motifs is 1. The van der Waals surface area contributed by atoms with Gasteiger partial charge in [0.2, 0.25) is 11.5 Å². The Morgan fingerprint density at radius 3 is 2.80 bits per heavy atom. The zero-order valence-electron chi connectivity index (χ0n) is 14.5. The van der Waals surface area contributed by atoms with E-state index in [0.29, 0.717) is 24.2 Å². The first kappa shape index (κ1) is 17.2. The Labute approximate surface area is 146 Å². The maximum atomic E-state index is 13.0. The summed E-state index contributed by atoms with van der Waals surface area (Å²) in [6.07, 6.45) is 1.69. The average Bonchev–Trinajstić information content (AvgIpc) is 2.60. The maximum absolute atomic E-state index is 13.0. The van der Waals surface area contributed by atoms with Crippen LogP contribution in [-0.4, -0.2) is 40.8 Å². The van der Waals surface area contributed by atoms with Crippen molar-refractivity contribution in [1.82, 2.24) is 15.2 Å². The van der Waals surface area contributed by atoms with E-state index in [1.165, 1.54) is 6.07 Å². The first-order valence-electron chi connectivity index (χ1n) is 8.67. The summed E-state index contributed by atoms with van der Waals surface area (Å²) in [6.45, 7) is 4.80. The third-order valence-electron chi connectivity index (χ3n) is 4.56. The molecule has 0 spiro atoms. The van der Waals surface area contributed by atoms with E-state index in [9.17, 15) is 14.4 Å². The summed E-state index contributed by atoms with van der Waals surface area (Å²) in [6, 6.07) is 8.61. The van der Waals surface area contributed by atoms with Gasteiger partial charge in [-0.3, -0.25) is 14.4 Å². The van der Waals surface area contributed by atoms with Crippen molar-refractivity contribution in [2.75, 3.05) is 13.1 Å². The van der Waals surface area contributed by atoms with E-state index in [2.05, 4.69) is 10.3 Å². The minimum atomic E-state index is -0.288. The number of aromatic nitrogens is 1. The van der Waals surface area contributed by atoms with Crippen molar-refractivity contribution < 1.29 is 9.59 Å². The van der Waals surface area contributed by atoms with Crippen LogP contribution in [-0.2, 0) is 4.79 Å². The highest BCUT2D eigenvalue weighted by Gasteiger charge is 2.27. The van der Waals surface area contributed by atoms with Crippen LogP contribution in [0.3, 0.4) is 0 Å². The molecule has 1 aliphatic heterocycles. The largest absolute Gasteiger partial charge is 0.351 e. The molecule has 1 aliphatic rings. The number of benzene rings is 1. The van der Waals surface area contributed by atoms with Gasteiger partial charge in [-0.25, -0.2) is 0 Å². The Kier molecular flexibility index (Phi) is 4.88. The minimum absolute atomic E-state index is 0.000837. The van der Waals surface area contributed by atoms with Crippen LogP contribution in [0.2, 0.25) is 0 Å². The molecule has 2 amide bonds. The summed E-state index contributed by atoms with van der Waals surface area (Å²) in [4.78, 5) is 41.3. The van der Waals surface area contributed by atoms with E-state index in [1.807, 2.05) is 32.0 Å². The second-order valence-corrected chi connectivity index (χ2v) is 6.85. The summed E-state index contributed by atoms with van der Waals surface area (Å²) in [5, 5.41) is 3.74. The van der Waals surface area contributed by atoms with Crippen molar-refractivity contribution >= 4 is 22.7 Å². The molecule has 3 rings (SSSR count). The van der Waals surface area contributed by atoms with Gasteiger partial charge in [0.1, 0.15) is 0 Å². The summed E-state index contributed by atoms with van der Waals surface area (Å²) < 4.78 is 0. The number of pyridine rings is 1. The Morgan fingerprint density at radius 2 is 2.04 bits per heavy atom. The first-order valence-corrected chi connectivity index (χ1v) is 8.67. The number of likely N-dealkylation sites (tertiary alicyclic amines) is 1. The Balaban J connectivity index is 1.83. The highest BCUT2D eigenvalue weighted by atomic mass is 16.2. The van der Waals surface area contributed by atoms with Crippen molar-refractivity contribution in [1.29, 1.82) is 0 Å². The monoisotopic (exact) mass is 341 g/mol. The van der Waals surface area contributed by atoms with E-state index in [-0.39, 0.29) is 29.3 Å². The fraction of sp³-hybridized carbons (Fsp3) is 0.421. The van der Waals surface area contributed by atoms with Gasteiger partial charge in [0, 0.05) is 42.0 Å². The van der Waals surface area contributed by atoms with Crippen LogP contribution in [0.25, 0.3) is 10.9 Å². The number of H-pyrrole nitrogens is 1. The molecule has 1 fully saturated rings. The number of amides is 2. The molecule has 1 saturated heterocycles. The number of carbonyl (C=O) groups excluding carboxylic acids is 2. The lowest BCUT2D eigenvalue weighted by Gasteiger charge is -2.33. The van der Waals surface area contributed by atoms with Gasteiger partial charge < -0.3 is 15.2 Å². The number of aromatic amines is 1. The average molecular weight is 341 g/mol. The second-order valence-electron chi connectivity index (χ2n) is 6.85.